The SMILES string of the molecule is Clc1nc(Cc2cccnc2)nc(C2CC2)c1I. The molecule has 0 aromatic carbocycles. The Morgan fingerprint density at radius 1 is 1.33 bits per heavy atom. The van der Waals surface area contributed by atoms with Gasteiger partial charge in [-0.1, -0.05) is 17.7 Å². The first-order valence-corrected chi connectivity index (χ1v) is 7.30. The molecule has 2 aromatic heterocycles. The van der Waals surface area contributed by atoms with E-state index < -0.39 is 0 Å². The van der Waals surface area contributed by atoms with Crippen molar-refractivity contribution < 1.29 is 0 Å². The Morgan fingerprint density at radius 2 is 2.17 bits per heavy atom. The van der Waals surface area contributed by atoms with Gasteiger partial charge in [0.1, 0.15) is 11.0 Å². The van der Waals surface area contributed by atoms with Gasteiger partial charge in [0.05, 0.1) is 9.26 Å². The lowest BCUT2D eigenvalue weighted by Crippen LogP contribution is -2.03. The molecule has 92 valence electrons. The minimum absolute atomic E-state index is 0.575. The van der Waals surface area contributed by atoms with Crippen molar-refractivity contribution >= 4 is 34.2 Å². The van der Waals surface area contributed by atoms with Crippen molar-refractivity contribution in [2.24, 2.45) is 0 Å². The summed E-state index contributed by atoms with van der Waals surface area (Å²) in [5.74, 6) is 1.38. The molecule has 0 atom stereocenters. The summed E-state index contributed by atoms with van der Waals surface area (Å²) in [6.45, 7) is 0. The molecule has 0 spiro atoms. The van der Waals surface area contributed by atoms with Crippen molar-refractivity contribution in [1.82, 2.24) is 15.0 Å². The second-order valence-corrected chi connectivity index (χ2v) is 5.88. The van der Waals surface area contributed by atoms with Crippen LogP contribution in [-0.4, -0.2) is 15.0 Å². The molecule has 3 nitrogen and oxygen atoms in total. The van der Waals surface area contributed by atoms with Crippen LogP contribution in [0.4, 0.5) is 0 Å². The Kier molecular flexibility index (Phi) is 3.48. The number of halogens is 2. The van der Waals surface area contributed by atoms with Crippen molar-refractivity contribution in [2.75, 3.05) is 0 Å². The third kappa shape index (κ3) is 2.64. The Morgan fingerprint density at radius 3 is 2.83 bits per heavy atom. The van der Waals surface area contributed by atoms with E-state index in [1.54, 1.807) is 6.20 Å². The molecule has 0 bridgehead atoms. The lowest BCUT2D eigenvalue weighted by atomic mass is 10.2. The summed E-state index contributed by atoms with van der Waals surface area (Å²) in [5, 5.41) is 0.575. The van der Waals surface area contributed by atoms with E-state index in [1.165, 1.54) is 12.8 Å². The molecule has 5 heteroatoms. The quantitative estimate of drug-likeness (QED) is 0.611. The van der Waals surface area contributed by atoms with Crippen LogP contribution in [0.5, 0.6) is 0 Å². The van der Waals surface area contributed by atoms with E-state index in [9.17, 15) is 0 Å². The monoisotopic (exact) mass is 371 g/mol. The first-order chi connectivity index (χ1) is 8.74. The Labute approximate surface area is 124 Å². The maximum absolute atomic E-state index is 6.18. The van der Waals surface area contributed by atoms with E-state index in [0.717, 1.165) is 20.7 Å². The minimum atomic E-state index is 0.575. The topological polar surface area (TPSA) is 38.7 Å². The summed E-state index contributed by atoms with van der Waals surface area (Å²) < 4.78 is 1.01. The number of hydrogen-bond acceptors (Lipinski definition) is 3. The van der Waals surface area contributed by atoms with E-state index in [0.29, 0.717) is 17.5 Å². The highest BCUT2D eigenvalue weighted by Crippen LogP contribution is 2.42. The molecular formula is C13H11ClIN3. The fourth-order valence-electron chi connectivity index (χ4n) is 1.87. The van der Waals surface area contributed by atoms with Gasteiger partial charge in [0.25, 0.3) is 0 Å². The number of pyridine rings is 1. The third-order valence-corrected chi connectivity index (χ3v) is 4.59. The number of aromatic nitrogens is 3. The molecule has 18 heavy (non-hydrogen) atoms. The zero-order chi connectivity index (χ0) is 12.5. The second-order valence-electron chi connectivity index (χ2n) is 4.44. The highest BCUT2D eigenvalue weighted by Gasteiger charge is 2.29. The fourth-order valence-corrected chi connectivity index (χ4v) is 2.75. The maximum atomic E-state index is 6.18. The van der Waals surface area contributed by atoms with Gasteiger partial charge in [-0.05, 0) is 47.1 Å². The lowest BCUT2D eigenvalue weighted by Gasteiger charge is -2.07. The van der Waals surface area contributed by atoms with Crippen LogP contribution in [-0.2, 0) is 6.42 Å². The number of hydrogen-bond donors (Lipinski definition) is 0. The van der Waals surface area contributed by atoms with E-state index in [1.807, 2.05) is 18.3 Å². The van der Waals surface area contributed by atoms with Gasteiger partial charge in [-0.3, -0.25) is 4.98 Å². The fraction of sp³-hybridized carbons (Fsp3) is 0.308. The Bertz CT molecular complexity index is 570. The van der Waals surface area contributed by atoms with Crippen LogP contribution in [0, 0.1) is 3.57 Å². The van der Waals surface area contributed by atoms with E-state index in [-0.39, 0.29) is 0 Å². The Balaban J connectivity index is 1.93. The van der Waals surface area contributed by atoms with Crippen molar-refractivity contribution in [3.05, 3.63) is 50.3 Å². The van der Waals surface area contributed by atoms with Crippen molar-refractivity contribution in [2.45, 2.75) is 25.2 Å². The smallest absolute Gasteiger partial charge is 0.146 e. The summed E-state index contributed by atoms with van der Waals surface area (Å²) in [6.07, 6.45) is 6.72. The van der Waals surface area contributed by atoms with E-state index >= 15 is 0 Å². The largest absolute Gasteiger partial charge is 0.264 e. The van der Waals surface area contributed by atoms with Gasteiger partial charge in [0, 0.05) is 24.7 Å². The molecular weight excluding hydrogens is 361 g/mol. The second kappa shape index (κ2) is 5.09. The summed E-state index contributed by atoms with van der Waals surface area (Å²) in [7, 11) is 0. The molecule has 0 unspecified atom stereocenters. The molecule has 2 heterocycles. The molecule has 1 aliphatic rings. The van der Waals surface area contributed by atoms with Gasteiger partial charge in [-0.2, -0.15) is 0 Å². The average molecular weight is 372 g/mol. The van der Waals surface area contributed by atoms with Gasteiger partial charge < -0.3 is 0 Å². The molecule has 0 aliphatic heterocycles. The van der Waals surface area contributed by atoms with Crippen LogP contribution in [0.1, 0.15) is 35.8 Å². The standard InChI is InChI=1S/C13H11ClIN3/c14-13-11(15)12(9-3-4-9)17-10(18-13)6-8-2-1-5-16-7-8/h1-2,5,7,9H,3-4,6H2. The molecule has 1 aliphatic carbocycles. The van der Waals surface area contributed by atoms with Gasteiger partial charge >= 0.3 is 0 Å². The van der Waals surface area contributed by atoms with Crippen LogP contribution in [0.3, 0.4) is 0 Å². The van der Waals surface area contributed by atoms with Crippen molar-refractivity contribution in [3.63, 3.8) is 0 Å². The molecule has 1 fully saturated rings. The highest BCUT2D eigenvalue weighted by atomic mass is 127. The summed E-state index contributed by atoms with van der Waals surface area (Å²) >= 11 is 8.42. The van der Waals surface area contributed by atoms with Gasteiger partial charge in [-0.25, -0.2) is 9.97 Å². The van der Waals surface area contributed by atoms with Crippen LogP contribution < -0.4 is 0 Å². The molecule has 2 aromatic rings. The zero-order valence-corrected chi connectivity index (χ0v) is 12.5. The molecule has 3 rings (SSSR count). The van der Waals surface area contributed by atoms with Crippen molar-refractivity contribution in [1.29, 1.82) is 0 Å². The Hall–Kier alpha value is -0.750. The maximum Gasteiger partial charge on any atom is 0.146 e. The molecule has 0 saturated heterocycles. The molecule has 0 N–H and O–H groups in total. The third-order valence-electron chi connectivity index (χ3n) is 2.93. The molecule has 0 amide bonds. The van der Waals surface area contributed by atoms with Gasteiger partial charge in [-0.15, -0.1) is 0 Å². The van der Waals surface area contributed by atoms with Crippen LogP contribution in [0.2, 0.25) is 5.15 Å². The normalized spacial score (nSPS) is 14.8. The van der Waals surface area contributed by atoms with E-state index in [4.69, 9.17) is 11.6 Å². The van der Waals surface area contributed by atoms with Gasteiger partial charge in [0.15, 0.2) is 0 Å². The lowest BCUT2D eigenvalue weighted by molar-refractivity contribution is 0.886. The molecule has 1 saturated carbocycles. The van der Waals surface area contributed by atoms with Gasteiger partial charge in [0.2, 0.25) is 0 Å². The van der Waals surface area contributed by atoms with E-state index in [2.05, 4.69) is 37.5 Å². The summed E-state index contributed by atoms with van der Waals surface area (Å²) in [6, 6.07) is 3.95. The van der Waals surface area contributed by atoms with Crippen LogP contribution >= 0.6 is 34.2 Å². The van der Waals surface area contributed by atoms with Crippen molar-refractivity contribution in [3.8, 4) is 0 Å². The minimum Gasteiger partial charge on any atom is -0.264 e. The summed E-state index contributed by atoms with van der Waals surface area (Å²) in [4.78, 5) is 13.1. The predicted molar refractivity (Wildman–Crippen MR) is 78.8 cm³/mol. The highest BCUT2D eigenvalue weighted by molar-refractivity contribution is 14.1. The first kappa shape index (κ1) is 12.3. The van der Waals surface area contributed by atoms with Crippen LogP contribution in [0.25, 0.3) is 0 Å². The number of rotatable bonds is 3. The average Bonchev–Trinajstić information content (AvgIpc) is 3.19. The molecule has 0 radical (unpaired) electrons. The van der Waals surface area contributed by atoms with Crippen LogP contribution in [0.15, 0.2) is 24.5 Å². The zero-order valence-electron chi connectivity index (χ0n) is 9.61. The summed E-state index contributed by atoms with van der Waals surface area (Å²) in [5.41, 5.74) is 2.23. The number of nitrogens with zero attached hydrogens (tertiary/aromatic N) is 3. The predicted octanol–water partition coefficient (Wildman–Crippen LogP) is 3.60. The first-order valence-electron chi connectivity index (χ1n) is 5.85.